The first-order chi connectivity index (χ1) is 14.1. The molecule has 4 aliphatic rings. The van der Waals surface area contributed by atoms with Crippen molar-refractivity contribution in [3.63, 3.8) is 0 Å². The average molecular weight is 396 g/mol. The molecule has 2 saturated heterocycles. The minimum Gasteiger partial charge on any atom is -0.489 e. The summed E-state index contributed by atoms with van der Waals surface area (Å²) in [5.74, 6) is 0.657. The number of piperidine rings is 1. The zero-order valence-electron chi connectivity index (χ0n) is 16.9. The number of fused-ring (bicyclic) bond motifs is 1. The molecule has 3 aliphatic heterocycles. The van der Waals surface area contributed by atoms with Crippen LogP contribution >= 0.6 is 0 Å². The molecule has 0 spiro atoms. The van der Waals surface area contributed by atoms with Gasteiger partial charge < -0.3 is 15.0 Å². The highest BCUT2D eigenvalue weighted by Crippen LogP contribution is 2.34. The molecule has 154 valence electrons. The maximum Gasteiger partial charge on any atom is 0.255 e. The number of hydrogen-bond donors (Lipinski definition) is 1. The molecule has 2 amide bonds. The topological polar surface area (TPSA) is 61.9 Å². The van der Waals surface area contributed by atoms with E-state index in [0.717, 1.165) is 23.4 Å². The summed E-state index contributed by atoms with van der Waals surface area (Å²) < 4.78 is 6.41. The predicted molar refractivity (Wildman–Crippen MR) is 109 cm³/mol. The number of carbonyl (C=O) groups excluding carboxylic acids is 2. The van der Waals surface area contributed by atoms with Gasteiger partial charge in [-0.3, -0.25) is 14.5 Å². The molecule has 1 N–H and O–H groups in total. The number of likely N-dealkylation sites (tertiary alicyclic amines) is 1. The fourth-order valence-corrected chi connectivity index (χ4v) is 5.41. The van der Waals surface area contributed by atoms with E-state index in [2.05, 4.69) is 16.8 Å². The molecule has 3 atom stereocenters. The maximum absolute atomic E-state index is 12.9. The van der Waals surface area contributed by atoms with Gasteiger partial charge in [0.05, 0.1) is 0 Å². The minimum atomic E-state index is -0.417. The molecule has 1 aliphatic carbocycles. The minimum absolute atomic E-state index is 0.0602. The van der Waals surface area contributed by atoms with Crippen molar-refractivity contribution in [2.75, 3.05) is 13.1 Å². The van der Waals surface area contributed by atoms with Crippen molar-refractivity contribution in [3.8, 4) is 5.75 Å². The summed E-state index contributed by atoms with van der Waals surface area (Å²) in [6.07, 6.45) is 7.68. The number of ether oxygens (including phenoxy) is 1. The Morgan fingerprint density at radius 3 is 2.69 bits per heavy atom. The molecule has 3 unspecified atom stereocenters. The van der Waals surface area contributed by atoms with E-state index in [1.807, 2.05) is 18.2 Å². The zero-order chi connectivity index (χ0) is 20.0. The lowest BCUT2D eigenvalue weighted by Crippen LogP contribution is -2.49. The van der Waals surface area contributed by atoms with Gasteiger partial charge in [-0.25, -0.2) is 0 Å². The number of nitrogens with one attached hydrogen (secondary N) is 1. The van der Waals surface area contributed by atoms with Gasteiger partial charge in [-0.05, 0) is 81.8 Å². The summed E-state index contributed by atoms with van der Waals surface area (Å²) >= 11 is 0. The molecule has 1 aromatic carbocycles. The molecule has 3 fully saturated rings. The summed E-state index contributed by atoms with van der Waals surface area (Å²) in [6.45, 7) is 6.67. The Hall–Kier alpha value is -2.34. The molecule has 3 heterocycles. The SMILES string of the molecule is C=C1CCC(N2Cc3cc(OC4CCCC4N4CCCC4)ccc3C2=O)C(=O)N1. The van der Waals surface area contributed by atoms with Gasteiger partial charge in [-0.15, -0.1) is 0 Å². The number of carbonyl (C=O) groups is 2. The van der Waals surface area contributed by atoms with E-state index in [4.69, 9.17) is 4.74 Å². The number of allylic oxidation sites excluding steroid dienone is 1. The summed E-state index contributed by atoms with van der Waals surface area (Å²) in [5.41, 5.74) is 2.38. The lowest BCUT2D eigenvalue weighted by atomic mass is 10.0. The van der Waals surface area contributed by atoms with Gasteiger partial charge in [-0.2, -0.15) is 0 Å². The Morgan fingerprint density at radius 2 is 1.90 bits per heavy atom. The van der Waals surface area contributed by atoms with E-state index in [-0.39, 0.29) is 17.9 Å². The van der Waals surface area contributed by atoms with Gasteiger partial charge in [0, 0.05) is 23.8 Å². The van der Waals surface area contributed by atoms with Crippen LogP contribution in [0.1, 0.15) is 60.9 Å². The van der Waals surface area contributed by atoms with Crippen LogP contribution in [0.4, 0.5) is 0 Å². The molecule has 0 bridgehead atoms. The second kappa shape index (κ2) is 7.48. The van der Waals surface area contributed by atoms with Crippen LogP contribution in [0.5, 0.6) is 5.75 Å². The number of benzene rings is 1. The standard InChI is InChI=1S/C23H29N3O3/c1-15-7-10-20(22(27)24-15)26-14-16-13-17(8-9-18(16)23(26)28)29-21-6-4-5-19(21)25-11-2-3-12-25/h8-9,13,19-21H,1-7,10-12,14H2,(H,24,27). The third-order valence-corrected chi connectivity index (χ3v) is 6.92. The summed E-state index contributed by atoms with van der Waals surface area (Å²) in [4.78, 5) is 29.5. The quantitative estimate of drug-likeness (QED) is 0.852. The van der Waals surface area contributed by atoms with E-state index in [1.54, 1.807) is 4.90 Å². The lowest BCUT2D eigenvalue weighted by molar-refractivity contribution is -0.126. The van der Waals surface area contributed by atoms with Gasteiger partial charge in [0.25, 0.3) is 5.91 Å². The van der Waals surface area contributed by atoms with E-state index in [0.29, 0.717) is 31.0 Å². The molecule has 6 nitrogen and oxygen atoms in total. The van der Waals surface area contributed by atoms with Crippen LogP contribution < -0.4 is 10.1 Å². The molecule has 0 radical (unpaired) electrons. The van der Waals surface area contributed by atoms with Crippen LogP contribution in [0.25, 0.3) is 0 Å². The summed E-state index contributed by atoms with van der Waals surface area (Å²) in [6, 6.07) is 5.89. The number of hydrogen-bond acceptors (Lipinski definition) is 4. The van der Waals surface area contributed by atoms with Crippen LogP contribution in [0.15, 0.2) is 30.5 Å². The molecular formula is C23H29N3O3. The van der Waals surface area contributed by atoms with Crippen LogP contribution in [0.2, 0.25) is 0 Å². The van der Waals surface area contributed by atoms with Crippen molar-refractivity contribution in [1.29, 1.82) is 0 Å². The Bertz CT molecular complexity index is 846. The molecule has 29 heavy (non-hydrogen) atoms. The number of nitrogens with zero attached hydrogens (tertiary/aromatic N) is 2. The predicted octanol–water partition coefficient (Wildman–Crippen LogP) is 2.83. The van der Waals surface area contributed by atoms with Crippen LogP contribution in [-0.4, -0.2) is 52.9 Å². The third-order valence-electron chi connectivity index (χ3n) is 6.92. The molecule has 1 aromatic rings. The van der Waals surface area contributed by atoms with Crippen LogP contribution in [0.3, 0.4) is 0 Å². The fraction of sp³-hybridized carbons (Fsp3) is 0.565. The molecular weight excluding hydrogens is 366 g/mol. The van der Waals surface area contributed by atoms with Gasteiger partial charge in [-0.1, -0.05) is 6.58 Å². The first-order valence-corrected chi connectivity index (χ1v) is 10.9. The van der Waals surface area contributed by atoms with Gasteiger partial charge in [0.15, 0.2) is 0 Å². The fourth-order valence-electron chi connectivity index (χ4n) is 5.41. The van der Waals surface area contributed by atoms with E-state index in [9.17, 15) is 9.59 Å². The Morgan fingerprint density at radius 1 is 1.07 bits per heavy atom. The van der Waals surface area contributed by atoms with Crippen molar-refractivity contribution in [2.45, 2.75) is 69.7 Å². The first kappa shape index (κ1) is 18.7. The molecule has 6 heteroatoms. The van der Waals surface area contributed by atoms with E-state index >= 15 is 0 Å². The van der Waals surface area contributed by atoms with Crippen molar-refractivity contribution < 1.29 is 14.3 Å². The summed E-state index contributed by atoms with van der Waals surface area (Å²) in [5, 5.41) is 2.79. The monoisotopic (exact) mass is 395 g/mol. The van der Waals surface area contributed by atoms with Crippen molar-refractivity contribution in [2.24, 2.45) is 0 Å². The Kier molecular flexibility index (Phi) is 4.82. The lowest BCUT2D eigenvalue weighted by Gasteiger charge is -2.30. The second-order valence-electron chi connectivity index (χ2n) is 8.80. The van der Waals surface area contributed by atoms with Crippen LogP contribution in [0, 0.1) is 0 Å². The van der Waals surface area contributed by atoms with Gasteiger partial charge in [0.2, 0.25) is 5.91 Å². The largest absolute Gasteiger partial charge is 0.489 e. The van der Waals surface area contributed by atoms with Crippen molar-refractivity contribution in [3.05, 3.63) is 41.6 Å². The highest BCUT2D eigenvalue weighted by atomic mass is 16.5. The second-order valence-corrected chi connectivity index (χ2v) is 8.80. The normalized spacial score (nSPS) is 30.0. The Labute approximate surface area is 171 Å². The number of rotatable bonds is 4. The third kappa shape index (κ3) is 3.44. The van der Waals surface area contributed by atoms with Gasteiger partial charge in [0.1, 0.15) is 17.9 Å². The molecule has 5 rings (SSSR count). The van der Waals surface area contributed by atoms with Crippen LogP contribution in [-0.2, 0) is 11.3 Å². The summed E-state index contributed by atoms with van der Waals surface area (Å²) in [7, 11) is 0. The van der Waals surface area contributed by atoms with Crippen molar-refractivity contribution in [1.82, 2.24) is 15.1 Å². The Balaban J connectivity index is 1.30. The molecule has 1 saturated carbocycles. The maximum atomic E-state index is 12.9. The number of amides is 2. The van der Waals surface area contributed by atoms with Crippen molar-refractivity contribution >= 4 is 11.8 Å². The average Bonchev–Trinajstić information content (AvgIpc) is 3.43. The molecule has 0 aromatic heterocycles. The highest BCUT2D eigenvalue weighted by Gasteiger charge is 2.39. The van der Waals surface area contributed by atoms with E-state index < -0.39 is 6.04 Å². The first-order valence-electron chi connectivity index (χ1n) is 10.9. The highest BCUT2D eigenvalue weighted by molar-refractivity contribution is 6.01. The smallest absolute Gasteiger partial charge is 0.255 e. The van der Waals surface area contributed by atoms with E-state index in [1.165, 1.54) is 38.8 Å². The zero-order valence-corrected chi connectivity index (χ0v) is 16.9. The van der Waals surface area contributed by atoms with Gasteiger partial charge >= 0.3 is 0 Å².